The minimum absolute atomic E-state index is 0.0104. The van der Waals surface area contributed by atoms with Crippen molar-refractivity contribution in [3.63, 3.8) is 0 Å². The third-order valence-electron chi connectivity index (χ3n) is 2.80. The zero-order valence-electron chi connectivity index (χ0n) is 7.81. The summed E-state index contributed by atoms with van der Waals surface area (Å²) in [7, 11) is 0. The van der Waals surface area contributed by atoms with E-state index >= 15 is 0 Å². The van der Waals surface area contributed by atoms with Crippen molar-refractivity contribution in [3.05, 3.63) is 33.8 Å². The van der Waals surface area contributed by atoms with E-state index in [0.717, 1.165) is 5.56 Å². The molecule has 3 unspecified atom stereocenters. The molecule has 3 heteroatoms. The van der Waals surface area contributed by atoms with Crippen LogP contribution in [0.3, 0.4) is 0 Å². The van der Waals surface area contributed by atoms with Gasteiger partial charge in [0.05, 0.1) is 5.38 Å². The van der Waals surface area contributed by atoms with Crippen LogP contribution in [0.15, 0.2) is 18.2 Å². The van der Waals surface area contributed by atoms with Gasteiger partial charge in [0.15, 0.2) is 0 Å². The van der Waals surface area contributed by atoms with Crippen LogP contribution >= 0.6 is 34.8 Å². The van der Waals surface area contributed by atoms with Crippen LogP contribution in [0.5, 0.6) is 0 Å². The van der Waals surface area contributed by atoms with Gasteiger partial charge >= 0.3 is 0 Å². The maximum absolute atomic E-state index is 6.33. The first kappa shape index (κ1) is 10.6. The molecule has 1 aromatic carbocycles. The molecule has 0 aromatic heterocycles. The van der Waals surface area contributed by atoms with Crippen molar-refractivity contribution < 1.29 is 0 Å². The van der Waals surface area contributed by atoms with Gasteiger partial charge in [0, 0.05) is 10.0 Å². The summed E-state index contributed by atoms with van der Waals surface area (Å²) in [6, 6.07) is 5.46. The van der Waals surface area contributed by atoms with Crippen molar-refractivity contribution in [3.8, 4) is 0 Å². The summed E-state index contributed by atoms with van der Waals surface area (Å²) in [5.41, 5.74) is 0.968. The topological polar surface area (TPSA) is 0 Å². The van der Waals surface area contributed by atoms with E-state index in [-0.39, 0.29) is 5.38 Å². The molecule has 0 nitrogen and oxygen atoms in total. The molecule has 0 aliphatic heterocycles. The summed E-state index contributed by atoms with van der Waals surface area (Å²) in [6.07, 6.45) is 1.19. The van der Waals surface area contributed by atoms with Crippen molar-refractivity contribution in [2.24, 2.45) is 11.8 Å². The molecule has 0 N–H and O–H groups in total. The average Bonchev–Trinajstić information content (AvgIpc) is 2.86. The van der Waals surface area contributed by atoms with Crippen LogP contribution in [-0.4, -0.2) is 0 Å². The number of hydrogen-bond acceptors (Lipinski definition) is 0. The minimum Gasteiger partial charge on any atom is -0.117 e. The second-order valence-electron chi connectivity index (χ2n) is 3.94. The summed E-state index contributed by atoms with van der Waals surface area (Å²) in [5, 5.41) is 1.42. The SMILES string of the molecule is CC1CC1C(Cl)c1cc(Cl)ccc1Cl. The minimum atomic E-state index is 0.0104. The molecule has 0 amide bonds. The van der Waals surface area contributed by atoms with Crippen LogP contribution in [0, 0.1) is 11.8 Å². The van der Waals surface area contributed by atoms with Crippen LogP contribution in [0.1, 0.15) is 24.3 Å². The fraction of sp³-hybridized carbons (Fsp3) is 0.455. The maximum Gasteiger partial charge on any atom is 0.0631 e. The highest BCUT2D eigenvalue weighted by Crippen LogP contribution is 2.51. The van der Waals surface area contributed by atoms with Gasteiger partial charge in [0.25, 0.3) is 0 Å². The lowest BCUT2D eigenvalue weighted by molar-refractivity contribution is 0.722. The van der Waals surface area contributed by atoms with Crippen molar-refractivity contribution in [1.82, 2.24) is 0 Å². The lowest BCUT2D eigenvalue weighted by atomic mass is 10.1. The fourth-order valence-corrected chi connectivity index (χ4v) is 2.72. The molecule has 0 bridgehead atoms. The van der Waals surface area contributed by atoms with Gasteiger partial charge in [0.2, 0.25) is 0 Å². The Morgan fingerprint density at radius 1 is 1.36 bits per heavy atom. The monoisotopic (exact) mass is 248 g/mol. The van der Waals surface area contributed by atoms with Gasteiger partial charge in [-0.25, -0.2) is 0 Å². The molecule has 1 aromatic rings. The molecule has 0 saturated heterocycles. The highest BCUT2D eigenvalue weighted by molar-refractivity contribution is 6.34. The summed E-state index contributed by atoms with van der Waals surface area (Å²) < 4.78 is 0. The molecule has 1 saturated carbocycles. The standard InChI is InChI=1S/C11H11Cl3/c1-6-4-8(6)11(14)9-5-7(12)2-3-10(9)13/h2-3,5-6,8,11H,4H2,1H3. The Labute approximate surface area is 99.2 Å². The Balaban J connectivity index is 2.26. The van der Waals surface area contributed by atoms with Crippen molar-refractivity contribution in [1.29, 1.82) is 0 Å². The van der Waals surface area contributed by atoms with Crippen LogP contribution in [0.4, 0.5) is 0 Å². The average molecular weight is 250 g/mol. The van der Waals surface area contributed by atoms with E-state index in [2.05, 4.69) is 6.92 Å². The molecule has 1 aliphatic rings. The summed E-state index contributed by atoms with van der Waals surface area (Å²) in [4.78, 5) is 0. The van der Waals surface area contributed by atoms with Crippen LogP contribution in [0.2, 0.25) is 10.0 Å². The van der Waals surface area contributed by atoms with E-state index in [0.29, 0.717) is 21.9 Å². The molecule has 3 atom stereocenters. The smallest absolute Gasteiger partial charge is 0.0631 e. The zero-order chi connectivity index (χ0) is 10.3. The van der Waals surface area contributed by atoms with Crippen molar-refractivity contribution in [2.45, 2.75) is 18.7 Å². The van der Waals surface area contributed by atoms with E-state index in [4.69, 9.17) is 34.8 Å². The predicted molar refractivity (Wildman–Crippen MR) is 62.3 cm³/mol. The number of halogens is 3. The lowest BCUT2D eigenvalue weighted by Crippen LogP contribution is -1.95. The van der Waals surface area contributed by atoms with Gasteiger partial charge in [-0.3, -0.25) is 0 Å². The summed E-state index contributed by atoms with van der Waals surface area (Å²) in [6.45, 7) is 2.21. The third-order valence-corrected chi connectivity index (χ3v) is 3.94. The Hall–Kier alpha value is 0.0900. The first-order valence-corrected chi connectivity index (χ1v) is 5.88. The normalized spacial score (nSPS) is 27.4. The third kappa shape index (κ3) is 2.03. The molecule has 1 fully saturated rings. The molecular weight excluding hydrogens is 238 g/mol. The maximum atomic E-state index is 6.33. The Morgan fingerprint density at radius 3 is 2.57 bits per heavy atom. The quantitative estimate of drug-likeness (QED) is 0.652. The fourth-order valence-electron chi connectivity index (χ4n) is 1.72. The zero-order valence-corrected chi connectivity index (χ0v) is 10.1. The molecule has 14 heavy (non-hydrogen) atoms. The second kappa shape index (κ2) is 3.92. The molecule has 0 radical (unpaired) electrons. The van der Waals surface area contributed by atoms with Gasteiger partial charge in [-0.1, -0.05) is 30.1 Å². The Bertz CT molecular complexity index is 348. The largest absolute Gasteiger partial charge is 0.117 e. The number of benzene rings is 1. The molecule has 1 aliphatic carbocycles. The lowest BCUT2D eigenvalue weighted by Gasteiger charge is -2.11. The predicted octanol–water partition coefficient (Wildman–Crippen LogP) is 4.93. The van der Waals surface area contributed by atoms with E-state index < -0.39 is 0 Å². The first-order chi connectivity index (χ1) is 6.59. The summed E-state index contributed by atoms with van der Waals surface area (Å²) in [5.74, 6) is 1.28. The molecular formula is C11H11Cl3. The van der Waals surface area contributed by atoms with E-state index in [1.165, 1.54) is 6.42 Å². The van der Waals surface area contributed by atoms with E-state index in [1.807, 2.05) is 12.1 Å². The first-order valence-electron chi connectivity index (χ1n) is 4.68. The van der Waals surface area contributed by atoms with Gasteiger partial charge in [0.1, 0.15) is 0 Å². The van der Waals surface area contributed by atoms with Crippen molar-refractivity contribution >= 4 is 34.8 Å². The Morgan fingerprint density at radius 2 is 2.00 bits per heavy atom. The number of rotatable bonds is 2. The number of alkyl halides is 1. The highest BCUT2D eigenvalue weighted by atomic mass is 35.5. The van der Waals surface area contributed by atoms with Gasteiger partial charge in [-0.2, -0.15) is 0 Å². The van der Waals surface area contributed by atoms with E-state index in [1.54, 1.807) is 6.07 Å². The van der Waals surface area contributed by atoms with E-state index in [9.17, 15) is 0 Å². The van der Waals surface area contributed by atoms with Crippen LogP contribution < -0.4 is 0 Å². The van der Waals surface area contributed by atoms with Crippen LogP contribution in [-0.2, 0) is 0 Å². The van der Waals surface area contributed by atoms with Gasteiger partial charge in [-0.05, 0) is 42.0 Å². The van der Waals surface area contributed by atoms with Gasteiger partial charge < -0.3 is 0 Å². The molecule has 0 heterocycles. The number of hydrogen-bond donors (Lipinski definition) is 0. The second-order valence-corrected chi connectivity index (χ2v) is 5.26. The molecule has 76 valence electrons. The van der Waals surface area contributed by atoms with Gasteiger partial charge in [-0.15, -0.1) is 11.6 Å². The van der Waals surface area contributed by atoms with Crippen LogP contribution in [0.25, 0.3) is 0 Å². The molecule has 0 spiro atoms. The van der Waals surface area contributed by atoms with Crippen molar-refractivity contribution in [2.75, 3.05) is 0 Å². The Kier molecular flexibility index (Phi) is 2.97. The summed E-state index contributed by atoms with van der Waals surface area (Å²) >= 11 is 18.3. The highest BCUT2D eigenvalue weighted by Gasteiger charge is 2.39. The molecule has 2 rings (SSSR count).